The van der Waals surface area contributed by atoms with Crippen LogP contribution >= 0.6 is 39.3 Å². The van der Waals surface area contributed by atoms with E-state index in [-0.39, 0.29) is 29.2 Å². The number of aromatic nitrogens is 3. The minimum Gasteiger partial charge on any atom is -0.342 e. The van der Waals surface area contributed by atoms with Crippen molar-refractivity contribution in [3.05, 3.63) is 69.2 Å². The zero-order chi connectivity index (χ0) is 25.5. The SMILES string of the molecule is CCn1c(SCC(=O)Nc2ccc(Br)cc2F)nnc1[C@H](CC(C)C)NC(=O)c1ccccc1Cl. The van der Waals surface area contributed by atoms with Gasteiger partial charge in [-0.05, 0) is 49.6 Å². The Morgan fingerprint density at radius 3 is 2.60 bits per heavy atom. The number of carbonyl (C=O) groups excluding carboxylic acids is 2. The molecule has 1 heterocycles. The monoisotopic (exact) mass is 581 g/mol. The summed E-state index contributed by atoms with van der Waals surface area (Å²) in [5.74, 6) is -0.289. The van der Waals surface area contributed by atoms with E-state index < -0.39 is 11.9 Å². The average molecular weight is 583 g/mol. The van der Waals surface area contributed by atoms with Gasteiger partial charge in [-0.25, -0.2) is 4.39 Å². The number of rotatable bonds is 10. The van der Waals surface area contributed by atoms with E-state index in [1.165, 1.54) is 23.9 Å². The van der Waals surface area contributed by atoms with E-state index in [1.807, 2.05) is 11.5 Å². The fraction of sp³-hybridized carbons (Fsp3) is 0.333. The third kappa shape index (κ3) is 7.28. The topological polar surface area (TPSA) is 88.9 Å². The summed E-state index contributed by atoms with van der Waals surface area (Å²) in [6.07, 6.45) is 0.641. The molecule has 7 nitrogen and oxygen atoms in total. The van der Waals surface area contributed by atoms with E-state index in [1.54, 1.807) is 30.3 Å². The van der Waals surface area contributed by atoms with Gasteiger partial charge in [0.1, 0.15) is 5.82 Å². The summed E-state index contributed by atoms with van der Waals surface area (Å²) in [5.41, 5.74) is 0.493. The van der Waals surface area contributed by atoms with Gasteiger partial charge >= 0.3 is 0 Å². The Kier molecular flexibility index (Phi) is 9.71. The van der Waals surface area contributed by atoms with Crippen molar-refractivity contribution in [1.82, 2.24) is 20.1 Å². The number of anilines is 1. The predicted octanol–water partition coefficient (Wildman–Crippen LogP) is 6.10. The summed E-state index contributed by atoms with van der Waals surface area (Å²) in [4.78, 5) is 25.3. The summed E-state index contributed by atoms with van der Waals surface area (Å²) in [5, 5.41) is 15.1. The highest BCUT2D eigenvalue weighted by molar-refractivity contribution is 9.10. The molecule has 0 unspecified atom stereocenters. The first-order chi connectivity index (χ1) is 16.7. The van der Waals surface area contributed by atoms with Crippen LogP contribution in [0.25, 0.3) is 0 Å². The molecule has 0 saturated heterocycles. The number of thioether (sulfide) groups is 1. The fourth-order valence-corrected chi connectivity index (χ4v) is 4.81. The molecule has 0 radical (unpaired) electrons. The summed E-state index contributed by atoms with van der Waals surface area (Å²) < 4.78 is 16.5. The lowest BCUT2D eigenvalue weighted by atomic mass is 10.0. The summed E-state index contributed by atoms with van der Waals surface area (Å²) >= 11 is 10.6. The molecular formula is C24H26BrClFN5O2S. The second-order valence-electron chi connectivity index (χ2n) is 8.18. The van der Waals surface area contributed by atoms with Gasteiger partial charge in [0, 0.05) is 11.0 Å². The maximum atomic E-state index is 14.0. The lowest BCUT2D eigenvalue weighted by Gasteiger charge is -2.21. The van der Waals surface area contributed by atoms with E-state index >= 15 is 0 Å². The van der Waals surface area contributed by atoms with Crippen LogP contribution in [0.4, 0.5) is 10.1 Å². The number of hydrogen-bond acceptors (Lipinski definition) is 5. The first kappa shape index (κ1) is 27.2. The van der Waals surface area contributed by atoms with Gasteiger partial charge in [0.15, 0.2) is 11.0 Å². The maximum absolute atomic E-state index is 14.0. The van der Waals surface area contributed by atoms with Crippen molar-refractivity contribution in [1.29, 1.82) is 0 Å². The number of nitrogens with zero attached hydrogens (tertiary/aromatic N) is 3. The molecule has 186 valence electrons. The van der Waals surface area contributed by atoms with Crippen LogP contribution in [-0.4, -0.2) is 32.3 Å². The molecule has 0 fully saturated rings. The van der Waals surface area contributed by atoms with Crippen LogP contribution in [0, 0.1) is 11.7 Å². The Hall–Kier alpha value is -2.43. The highest BCUT2D eigenvalue weighted by atomic mass is 79.9. The van der Waals surface area contributed by atoms with Crippen LogP contribution < -0.4 is 10.6 Å². The number of halogens is 3. The van der Waals surface area contributed by atoms with Gasteiger partial charge < -0.3 is 15.2 Å². The zero-order valence-corrected chi connectivity index (χ0v) is 22.7. The minimum atomic E-state index is -0.525. The van der Waals surface area contributed by atoms with Crippen molar-refractivity contribution in [2.24, 2.45) is 5.92 Å². The predicted molar refractivity (Wildman–Crippen MR) is 140 cm³/mol. The molecule has 1 aromatic heterocycles. The maximum Gasteiger partial charge on any atom is 0.253 e. The van der Waals surface area contributed by atoms with Crippen LogP contribution in [0.5, 0.6) is 0 Å². The molecule has 11 heteroatoms. The molecule has 0 saturated carbocycles. The standard InChI is InChI=1S/C24H26BrClFN5O2S/c1-4-32-22(20(11-14(2)3)29-23(34)16-7-5-6-8-17(16)26)30-31-24(32)35-13-21(33)28-19-10-9-15(25)12-18(19)27/h5-10,12,14,20H,4,11,13H2,1-3H3,(H,28,33)(H,29,34)/t20-/m0/s1. The van der Waals surface area contributed by atoms with Gasteiger partial charge in [0.2, 0.25) is 5.91 Å². The average Bonchev–Trinajstić information content (AvgIpc) is 3.22. The van der Waals surface area contributed by atoms with Crippen LogP contribution in [0.1, 0.15) is 49.4 Å². The number of amides is 2. The van der Waals surface area contributed by atoms with Crippen molar-refractivity contribution < 1.29 is 14.0 Å². The molecule has 0 spiro atoms. The molecule has 2 aromatic carbocycles. The molecule has 1 atom stereocenters. The molecule has 0 aliphatic rings. The molecule has 3 aromatic rings. The minimum absolute atomic E-state index is 0.0223. The highest BCUT2D eigenvalue weighted by Gasteiger charge is 2.25. The molecule has 35 heavy (non-hydrogen) atoms. The quantitative estimate of drug-likeness (QED) is 0.282. The molecule has 0 aliphatic carbocycles. The largest absolute Gasteiger partial charge is 0.342 e. The number of benzene rings is 2. The number of hydrogen-bond donors (Lipinski definition) is 2. The molecule has 2 N–H and O–H groups in total. The Morgan fingerprint density at radius 1 is 1.20 bits per heavy atom. The van der Waals surface area contributed by atoms with E-state index in [0.717, 1.165) is 0 Å². The van der Waals surface area contributed by atoms with Gasteiger partial charge in [-0.3, -0.25) is 9.59 Å². The first-order valence-corrected chi connectivity index (χ1v) is 13.2. The van der Waals surface area contributed by atoms with Crippen LogP contribution in [0.2, 0.25) is 5.02 Å². The van der Waals surface area contributed by atoms with Gasteiger partial charge in [-0.15, -0.1) is 10.2 Å². The summed E-state index contributed by atoms with van der Waals surface area (Å²) in [6, 6.07) is 10.9. The van der Waals surface area contributed by atoms with Gasteiger partial charge in [0.25, 0.3) is 5.91 Å². The second-order valence-corrected chi connectivity index (χ2v) is 10.4. The smallest absolute Gasteiger partial charge is 0.253 e. The van der Waals surface area contributed by atoms with E-state index in [4.69, 9.17) is 11.6 Å². The number of carbonyl (C=O) groups is 2. The number of nitrogens with one attached hydrogen (secondary N) is 2. The summed E-state index contributed by atoms with van der Waals surface area (Å²) in [6.45, 7) is 6.60. The van der Waals surface area contributed by atoms with Gasteiger partial charge in [-0.1, -0.05) is 65.3 Å². The lowest BCUT2D eigenvalue weighted by molar-refractivity contribution is -0.113. The zero-order valence-electron chi connectivity index (χ0n) is 19.5. The molecule has 0 aliphatic heterocycles. The molecule has 0 bridgehead atoms. The Balaban J connectivity index is 1.74. The lowest BCUT2D eigenvalue weighted by Crippen LogP contribution is -2.31. The van der Waals surface area contributed by atoms with E-state index in [0.29, 0.717) is 39.0 Å². The normalized spacial score (nSPS) is 12.0. The van der Waals surface area contributed by atoms with Crippen molar-refractivity contribution in [2.75, 3.05) is 11.1 Å². The second kappa shape index (κ2) is 12.5. The Labute approximate surface area is 221 Å². The third-order valence-corrected chi connectivity index (χ3v) is 6.83. The van der Waals surface area contributed by atoms with Crippen LogP contribution in [0.15, 0.2) is 52.1 Å². The van der Waals surface area contributed by atoms with Gasteiger partial charge in [-0.2, -0.15) is 0 Å². The van der Waals surface area contributed by atoms with Gasteiger partial charge in [0.05, 0.1) is 28.1 Å². The Bertz CT molecular complexity index is 1210. The van der Waals surface area contributed by atoms with Crippen molar-refractivity contribution in [2.45, 2.75) is 44.9 Å². The fourth-order valence-electron chi connectivity index (χ4n) is 3.45. The highest BCUT2D eigenvalue weighted by Crippen LogP contribution is 2.26. The molecule has 3 rings (SSSR count). The summed E-state index contributed by atoms with van der Waals surface area (Å²) in [7, 11) is 0. The Morgan fingerprint density at radius 2 is 1.94 bits per heavy atom. The van der Waals surface area contributed by atoms with Crippen molar-refractivity contribution in [3.8, 4) is 0 Å². The van der Waals surface area contributed by atoms with Crippen LogP contribution in [0.3, 0.4) is 0 Å². The van der Waals surface area contributed by atoms with Crippen molar-refractivity contribution >= 4 is 56.8 Å². The first-order valence-electron chi connectivity index (χ1n) is 11.1. The molecule has 2 amide bonds. The van der Waals surface area contributed by atoms with Crippen LogP contribution in [-0.2, 0) is 11.3 Å². The van der Waals surface area contributed by atoms with E-state index in [9.17, 15) is 14.0 Å². The molecular weight excluding hydrogens is 557 g/mol. The third-order valence-electron chi connectivity index (χ3n) is 5.04. The van der Waals surface area contributed by atoms with E-state index in [2.05, 4.69) is 50.6 Å². The van der Waals surface area contributed by atoms with Crippen molar-refractivity contribution in [3.63, 3.8) is 0 Å².